The van der Waals surface area contributed by atoms with Gasteiger partial charge in [-0.25, -0.2) is 0 Å². The fraction of sp³-hybridized carbons (Fsp3) is 0.353. The Labute approximate surface area is 145 Å². The van der Waals surface area contributed by atoms with E-state index in [1.807, 2.05) is 37.4 Å². The Morgan fingerprint density at radius 1 is 1.12 bits per heavy atom. The summed E-state index contributed by atoms with van der Waals surface area (Å²) in [6.07, 6.45) is 1.69. The molecule has 126 valence electrons. The average Bonchev–Trinajstić information content (AvgIpc) is 2.84. The zero-order valence-electron chi connectivity index (χ0n) is 13.5. The summed E-state index contributed by atoms with van der Waals surface area (Å²) in [4.78, 5) is 42.1. The molecule has 0 N–H and O–H groups in total. The van der Waals surface area contributed by atoms with Gasteiger partial charge in [0.05, 0.1) is 4.91 Å². The standard InChI is InChI=1S/C17H19N3O3S/c1-18-7-9-19(10-8-18)15(21)12-20-16(22)14(24-17(20)23)11-13-5-3-2-4-6-13/h2-6,11H,7-10,12H2,1H3/b14-11-. The minimum Gasteiger partial charge on any atom is -0.339 e. The van der Waals surface area contributed by atoms with Gasteiger partial charge >= 0.3 is 0 Å². The van der Waals surface area contributed by atoms with Crippen molar-refractivity contribution in [2.75, 3.05) is 39.8 Å². The molecule has 1 aromatic rings. The van der Waals surface area contributed by atoms with Crippen LogP contribution in [0.25, 0.3) is 6.08 Å². The number of carbonyl (C=O) groups is 3. The molecular formula is C17H19N3O3S. The summed E-state index contributed by atoms with van der Waals surface area (Å²) >= 11 is 0.885. The maximum atomic E-state index is 12.4. The molecule has 0 spiro atoms. The van der Waals surface area contributed by atoms with Crippen LogP contribution in [-0.2, 0) is 9.59 Å². The number of thioether (sulfide) groups is 1. The lowest BCUT2D eigenvalue weighted by molar-refractivity contribution is -0.137. The molecule has 2 saturated heterocycles. The van der Waals surface area contributed by atoms with Gasteiger partial charge in [-0.05, 0) is 30.4 Å². The Bertz CT molecular complexity index is 682. The molecule has 0 radical (unpaired) electrons. The Morgan fingerprint density at radius 2 is 1.79 bits per heavy atom. The molecule has 2 aliphatic heterocycles. The molecule has 1 aromatic carbocycles. The number of nitrogens with zero attached hydrogens (tertiary/aromatic N) is 3. The lowest BCUT2D eigenvalue weighted by Gasteiger charge is -2.33. The summed E-state index contributed by atoms with van der Waals surface area (Å²) < 4.78 is 0. The Kier molecular flexibility index (Phi) is 5.01. The molecule has 2 heterocycles. The molecule has 2 aliphatic rings. The van der Waals surface area contributed by atoms with Crippen LogP contribution in [0.15, 0.2) is 35.2 Å². The van der Waals surface area contributed by atoms with E-state index in [4.69, 9.17) is 0 Å². The Hall–Kier alpha value is -2.12. The van der Waals surface area contributed by atoms with E-state index in [1.165, 1.54) is 0 Å². The molecule has 0 atom stereocenters. The molecule has 0 bridgehead atoms. The van der Waals surface area contributed by atoms with Gasteiger partial charge in [-0.3, -0.25) is 19.3 Å². The zero-order chi connectivity index (χ0) is 17.1. The Morgan fingerprint density at radius 3 is 2.46 bits per heavy atom. The summed E-state index contributed by atoms with van der Waals surface area (Å²) in [5.41, 5.74) is 0.855. The van der Waals surface area contributed by atoms with Crippen molar-refractivity contribution in [3.05, 3.63) is 40.8 Å². The Balaban J connectivity index is 1.66. The van der Waals surface area contributed by atoms with Gasteiger partial charge in [0, 0.05) is 26.2 Å². The SMILES string of the molecule is CN1CCN(C(=O)CN2C(=O)S/C(=C\c3ccccc3)C2=O)CC1. The van der Waals surface area contributed by atoms with Gasteiger partial charge in [0.25, 0.3) is 11.1 Å². The molecule has 24 heavy (non-hydrogen) atoms. The maximum absolute atomic E-state index is 12.4. The quantitative estimate of drug-likeness (QED) is 0.777. The fourth-order valence-electron chi connectivity index (χ4n) is 2.63. The topological polar surface area (TPSA) is 60.9 Å². The molecule has 0 aromatic heterocycles. The first-order valence-electron chi connectivity index (χ1n) is 7.81. The van der Waals surface area contributed by atoms with Gasteiger partial charge in [-0.1, -0.05) is 30.3 Å². The summed E-state index contributed by atoms with van der Waals surface area (Å²) in [7, 11) is 2.01. The third-order valence-electron chi connectivity index (χ3n) is 4.12. The van der Waals surface area contributed by atoms with Crippen LogP contribution in [0.3, 0.4) is 0 Å². The van der Waals surface area contributed by atoms with Gasteiger partial charge in [0.1, 0.15) is 6.54 Å². The first-order valence-corrected chi connectivity index (χ1v) is 8.63. The molecule has 0 aliphatic carbocycles. The summed E-state index contributed by atoms with van der Waals surface area (Å²) in [6.45, 7) is 2.69. The zero-order valence-corrected chi connectivity index (χ0v) is 14.3. The highest BCUT2D eigenvalue weighted by Gasteiger charge is 2.37. The lowest BCUT2D eigenvalue weighted by Crippen LogP contribution is -2.50. The van der Waals surface area contributed by atoms with Crippen LogP contribution >= 0.6 is 11.8 Å². The number of amides is 3. The highest BCUT2D eigenvalue weighted by Crippen LogP contribution is 2.32. The van der Waals surface area contributed by atoms with E-state index in [0.29, 0.717) is 18.0 Å². The van der Waals surface area contributed by atoms with E-state index in [2.05, 4.69) is 4.90 Å². The summed E-state index contributed by atoms with van der Waals surface area (Å²) in [5.74, 6) is -0.567. The van der Waals surface area contributed by atoms with Crippen molar-refractivity contribution in [3.63, 3.8) is 0 Å². The number of benzene rings is 1. The van der Waals surface area contributed by atoms with Crippen LogP contribution in [0.2, 0.25) is 0 Å². The normalized spacial score (nSPS) is 21.0. The van der Waals surface area contributed by atoms with Crippen LogP contribution in [0.5, 0.6) is 0 Å². The average molecular weight is 345 g/mol. The predicted molar refractivity (Wildman–Crippen MR) is 93.2 cm³/mol. The maximum Gasteiger partial charge on any atom is 0.294 e. The van der Waals surface area contributed by atoms with Gasteiger partial charge in [-0.15, -0.1) is 0 Å². The number of carbonyl (C=O) groups excluding carboxylic acids is 3. The first-order chi connectivity index (χ1) is 11.5. The van der Waals surface area contributed by atoms with Crippen LogP contribution in [0.1, 0.15) is 5.56 Å². The number of hydrogen-bond acceptors (Lipinski definition) is 5. The second kappa shape index (κ2) is 7.19. The van der Waals surface area contributed by atoms with Crippen molar-refractivity contribution in [2.45, 2.75) is 0 Å². The summed E-state index contributed by atoms with van der Waals surface area (Å²) in [5, 5.41) is -0.385. The van der Waals surface area contributed by atoms with Crippen molar-refractivity contribution in [3.8, 4) is 0 Å². The fourth-order valence-corrected chi connectivity index (χ4v) is 3.47. The highest BCUT2D eigenvalue weighted by molar-refractivity contribution is 8.18. The molecule has 3 rings (SSSR count). The van der Waals surface area contributed by atoms with Crippen molar-refractivity contribution < 1.29 is 14.4 Å². The molecule has 6 nitrogen and oxygen atoms in total. The third kappa shape index (κ3) is 3.68. The number of piperazine rings is 1. The second-order valence-electron chi connectivity index (χ2n) is 5.86. The van der Waals surface area contributed by atoms with E-state index < -0.39 is 5.91 Å². The monoisotopic (exact) mass is 345 g/mol. The minimum absolute atomic E-state index is 0.175. The van der Waals surface area contributed by atoms with E-state index in [1.54, 1.807) is 11.0 Å². The van der Waals surface area contributed by atoms with E-state index in [9.17, 15) is 14.4 Å². The molecule has 3 amide bonds. The van der Waals surface area contributed by atoms with E-state index in [0.717, 1.165) is 35.3 Å². The van der Waals surface area contributed by atoms with Crippen molar-refractivity contribution in [2.24, 2.45) is 0 Å². The molecule has 0 unspecified atom stereocenters. The van der Waals surface area contributed by atoms with E-state index >= 15 is 0 Å². The minimum atomic E-state index is -0.392. The van der Waals surface area contributed by atoms with E-state index in [-0.39, 0.29) is 17.7 Å². The van der Waals surface area contributed by atoms with Crippen LogP contribution < -0.4 is 0 Å². The molecule has 2 fully saturated rings. The van der Waals surface area contributed by atoms with Crippen LogP contribution in [0.4, 0.5) is 4.79 Å². The second-order valence-corrected chi connectivity index (χ2v) is 6.86. The number of hydrogen-bond donors (Lipinski definition) is 0. The number of rotatable bonds is 3. The third-order valence-corrected chi connectivity index (χ3v) is 5.03. The predicted octanol–water partition coefficient (Wildman–Crippen LogP) is 1.50. The van der Waals surface area contributed by atoms with Gasteiger partial charge in [0.15, 0.2) is 0 Å². The molecule has 0 saturated carbocycles. The van der Waals surface area contributed by atoms with Crippen molar-refractivity contribution in [1.82, 2.24) is 14.7 Å². The first kappa shape index (κ1) is 16.7. The van der Waals surface area contributed by atoms with Gasteiger partial charge < -0.3 is 9.80 Å². The van der Waals surface area contributed by atoms with Crippen LogP contribution in [-0.4, -0.2) is 71.5 Å². The number of likely N-dealkylation sites (N-methyl/N-ethyl adjacent to an activating group) is 1. The van der Waals surface area contributed by atoms with Crippen molar-refractivity contribution >= 4 is 34.9 Å². The highest BCUT2D eigenvalue weighted by atomic mass is 32.2. The number of imide groups is 1. The molecule has 7 heteroatoms. The largest absolute Gasteiger partial charge is 0.339 e. The smallest absolute Gasteiger partial charge is 0.294 e. The van der Waals surface area contributed by atoms with Crippen LogP contribution in [0, 0.1) is 0 Å². The van der Waals surface area contributed by atoms with Gasteiger partial charge in [-0.2, -0.15) is 0 Å². The summed E-state index contributed by atoms with van der Waals surface area (Å²) in [6, 6.07) is 9.35. The van der Waals surface area contributed by atoms with Crippen molar-refractivity contribution in [1.29, 1.82) is 0 Å². The molecular weight excluding hydrogens is 326 g/mol. The van der Waals surface area contributed by atoms with Gasteiger partial charge in [0.2, 0.25) is 5.91 Å². The lowest BCUT2D eigenvalue weighted by atomic mass is 10.2.